The van der Waals surface area contributed by atoms with Crippen LogP contribution in [0.5, 0.6) is 5.75 Å². The van der Waals surface area contributed by atoms with Crippen molar-refractivity contribution < 1.29 is 14.6 Å². The summed E-state index contributed by atoms with van der Waals surface area (Å²) in [6.07, 6.45) is 0.849. The zero-order valence-corrected chi connectivity index (χ0v) is 7.12. The van der Waals surface area contributed by atoms with E-state index in [0.717, 1.165) is 17.7 Å². The first-order chi connectivity index (χ1) is 6.31. The first-order valence-corrected chi connectivity index (χ1v) is 4.21. The molecule has 0 saturated carbocycles. The number of aliphatic hydroxyl groups is 1. The van der Waals surface area contributed by atoms with Gasteiger partial charge in [-0.3, -0.25) is 4.79 Å². The minimum atomic E-state index is -0.431. The van der Waals surface area contributed by atoms with Gasteiger partial charge in [0.15, 0.2) is 5.78 Å². The number of carbonyl (C=O) groups excluding carboxylic acids is 1. The Kier molecular flexibility index (Phi) is 2.02. The lowest BCUT2D eigenvalue weighted by molar-refractivity contribution is 0.0903. The SMILES string of the molecule is O=C(CO)c1ccc2c(c1)CCO2. The summed E-state index contributed by atoms with van der Waals surface area (Å²) >= 11 is 0. The minimum Gasteiger partial charge on any atom is -0.493 e. The minimum absolute atomic E-state index is 0.241. The predicted molar refractivity (Wildman–Crippen MR) is 47.1 cm³/mol. The van der Waals surface area contributed by atoms with E-state index in [-0.39, 0.29) is 5.78 Å². The number of benzene rings is 1. The summed E-state index contributed by atoms with van der Waals surface area (Å²) < 4.78 is 5.29. The molecule has 0 saturated heterocycles. The van der Waals surface area contributed by atoms with E-state index in [0.29, 0.717) is 12.2 Å². The van der Waals surface area contributed by atoms with E-state index in [4.69, 9.17) is 9.84 Å². The predicted octanol–water partition coefficient (Wildman–Crippen LogP) is 0.796. The number of hydrogen-bond acceptors (Lipinski definition) is 3. The molecule has 0 bridgehead atoms. The molecule has 68 valence electrons. The molecule has 0 atom stereocenters. The first-order valence-electron chi connectivity index (χ1n) is 4.21. The van der Waals surface area contributed by atoms with Gasteiger partial charge in [-0.25, -0.2) is 0 Å². The Bertz CT molecular complexity index is 344. The van der Waals surface area contributed by atoms with Crippen molar-refractivity contribution in [1.29, 1.82) is 0 Å². The Morgan fingerprint density at radius 2 is 2.38 bits per heavy atom. The summed E-state index contributed by atoms with van der Waals surface area (Å²) in [7, 11) is 0. The van der Waals surface area contributed by atoms with Gasteiger partial charge in [0.25, 0.3) is 0 Å². The second kappa shape index (κ2) is 3.18. The molecule has 2 rings (SSSR count). The van der Waals surface area contributed by atoms with E-state index in [1.807, 2.05) is 0 Å². The Morgan fingerprint density at radius 3 is 3.15 bits per heavy atom. The van der Waals surface area contributed by atoms with Crippen LogP contribution in [0.2, 0.25) is 0 Å². The third-order valence-electron chi connectivity index (χ3n) is 2.16. The summed E-state index contributed by atoms with van der Waals surface area (Å²) in [6.45, 7) is 0.256. The average molecular weight is 178 g/mol. The molecule has 3 heteroatoms. The van der Waals surface area contributed by atoms with Gasteiger partial charge in [-0.1, -0.05) is 0 Å². The molecule has 0 spiro atoms. The number of Topliss-reactive ketones (excluding diaryl/α,β-unsaturated/α-hetero) is 1. The lowest BCUT2D eigenvalue weighted by Gasteiger charge is -2.00. The topological polar surface area (TPSA) is 46.5 Å². The highest BCUT2D eigenvalue weighted by atomic mass is 16.5. The number of carbonyl (C=O) groups is 1. The molecule has 13 heavy (non-hydrogen) atoms. The van der Waals surface area contributed by atoms with Crippen LogP contribution < -0.4 is 4.74 Å². The molecule has 0 radical (unpaired) electrons. The lowest BCUT2D eigenvalue weighted by atomic mass is 10.1. The number of ether oxygens (including phenoxy) is 1. The molecule has 1 aliphatic heterocycles. The molecule has 1 aliphatic rings. The van der Waals surface area contributed by atoms with Gasteiger partial charge < -0.3 is 9.84 Å². The molecule has 0 aromatic heterocycles. The number of hydrogen-bond donors (Lipinski definition) is 1. The van der Waals surface area contributed by atoms with E-state index in [9.17, 15) is 4.79 Å². The Morgan fingerprint density at radius 1 is 1.54 bits per heavy atom. The van der Waals surface area contributed by atoms with Crippen LogP contribution in [0.15, 0.2) is 18.2 Å². The fourth-order valence-electron chi connectivity index (χ4n) is 1.45. The van der Waals surface area contributed by atoms with Crippen LogP contribution >= 0.6 is 0 Å². The Balaban J connectivity index is 2.36. The zero-order chi connectivity index (χ0) is 9.26. The van der Waals surface area contributed by atoms with Crippen LogP contribution in [0, 0.1) is 0 Å². The Labute approximate surface area is 76.0 Å². The van der Waals surface area contributed by atoms with E-state index in [2.05, 4.69) is 0 Å². The van der Waals surface area contributed by atoms with Gasteiger partial charge in [0, 0.05) is 12.0 Å². The maximum atomic E-state index is 11.1. The summed E-state index contributed by atoms with van der Waals surface area (Å²) in [5.74, 6) is 0.615. The number of fused-ring (bicyclic) bond motifs is 1. The van der Waals surface area contributed by atoms with Crippen LogP contribution in [0.1, 0.15) is 15.9 Å². The van der Waals surface area contributed by atoms with Crippen LogP contribution in [0.4, 0.5) is 0 Å². The Hall–Kier alpha value is -1.35. The standard InChI is InChI=1S/C10H10O3/c11-6-9(12)7-1-2-10-8(5-7)3-4-13-10/h1-2,5,11H,3-4,6H2. The van der Waals surface area contributed by atoms with Gasteiger partial charge in [-0.15, -0.1) is 0 Å². The molecule has 0 aliphatic carbocycles. The number of rotatable bonds is 2. The average Bonchev–Trinajstić information content (AvgIpc) is 2.63. The molecule has 1 aromatic rings. The van der Waals surface area contributed by atoms with Crippen molar-refractivity contribution in [3.8, 4) is 5.75 Å². The molecular weight excluding hydrogens is 168 g/mol. The normalized spacial score (nSPS) is 13.6. The number of aliphatic hydroxyl groups excluding tert-OH is 1. The van der Waals surface area contributed by atoms with Crippen molar-refractivity contribution in [2.75, 3.05) is 13.2 Å². The second-order valence-electron chi connectivity index (χ2n) is 3.00. The summed E-state index contributed by atoms with van der Waals surface area (Å²) in [5, 5.41) is 8.66. The van der Waals surface area contributed by atoms with Crippen molar-refractivity contribution in [3.05, 3.63) is 29.3 Å². The van der Waals surface area contributed by atoms with Crippen molar-refractivity contribution >= 4 is 5.78 Å². The highest BCUT2D eigenvalue weighted by Gasteiger charge is 2.14. The van der Waals surface area contributed by atoms with Crippen LogP contribution in [0.3, 0.4) is 0 Å². The van der Waals surface area contributed by atoms with Gasteiger partial charge >= 0.3 is 0 Å². The van der Waals surface area contributed by atoms with Gasteiger partial charge in [-0.2, -0.15) is 0 Å². The molecule has 0 amide bonds. The van der Waals surface area contributed by atoms with Gasteiger partial charge in [-0.05, 0) is 23.8 Å². The van der Waals surface area contributed by atoms with Gasteiger partial charge in [0.1, 0.15) is 12.4 Å². The van der Waals surface area contributed by atoms with E-state index in [1.54, 1.807) is 18.2 Å². The van der Waals surface area contributed by atoms with Crippen molar-refractivity contribution in [1.82, 2.24) is 0 Å². The van der Waals surface area contributed by atoms with E-state index >= 15 is 0 Å². The van der Waals surface area contributed by atoms with Crippen molar-refractivity contribution in [2.24, 2.45) is 0 Å². The lowest BCUT2D eigenvalue weighted by Crippen LogP contribution is -2.04. The molecule has 0 fully saturated rings. The largest absolute Gasteiger partial charge is 0.493 e. The van der Waals surface area contributed by atoms with E-state index in [1.165, 1.54) is 0 Å². The first kappa shape index (κ1) is 8.26. The number of ketones is 1. The van der Waals surface area contributed by atoms with Crippen molar-refractivity contribution in [2.45, 2.75) is 6.42 Å². The van der Waals surface area contributed by atoms with Crippen LogP contribution in [0.25, 0.3) is 0 Å². The molecule has 1 aromatic carbocycles. The fraction of sp³-hybridized carbons (Fsp3) is 0.300. The van der Waals surface area contributed by atoms with Gasteiger partial charge in [0.05, 0.1) is 6.61 Å². The molecule has 0 unspecified atom stereocenters. The highest BCUT2D eigenvalue weighted by molar-refractivity contribution is 5.97. The smallest absolute Gasteiger partial charge is 0.188 e. The van der Waals surface area contributed by atoms with E-state index < -0.39 is 6.61 Å². The maximum absolute atomic E-state index is 11.1. The third-order valence-corrected chi connectivity index (χ3v) is 2.16. The third kappa shape index (κ3) is 1.42. The highest BCUT2D eigenvalue weighted by Crippen LogP contribution is 2.25. The molecule has 3 nitrogen and oxygen atoms in total. The quantitative estimate of drug-likeness (QED) is 0.681. The fourth-order valence-corrected chi connectivity index (χ4v) is 1.45. The monoisotopic (exact) mass is 178 g/mol. The molecule has 1 N–H and O–H groups in total. The molecule has 1 heterocycles. The van der Waals surface area contributed by atoms with Crippen LogP contribution in [-0.4, -0.2) is 24.1 Å². The second-order valence-corrected chi connectivity index (χ2v) is 3.00. The van der Waals surface area contributed by atoms with Gasteiger partial charge in [0.2, 0.25) is 0 Å². The maximum Gasteiger partial charge on any atom is 0.188 e. The summed E-state index contributed by atoms with van der Waals surface area (Å²) in [5.41, 5.74) is 1.62. The summed E-state index contributed by atoms with van der Waals surface area (Å²) in [4.78, 5) is 11.1. The summed E-state index contributed by atoms with van der Waals surface area (Å²) in [6, 6.07) is 5.26. The van der Waals surface area contributed by atoms with Crippen LogP contribution in [-0.2, 0) is 6.42 Å². The zero-order valence-electron chi connectivity index (χ0n) is 7.12. The van der Waals surface area contributed by atoms with Crippen molar-refractivity contribution in [3.63, 3.8) is 0 Å². The molecular formula is C10H10O3.